The average Bonchev–Trinajstić information content (AvgIpc) is 2.29. The normalized spacial score (nSPS) is 12.7. The summed E-state index contributed by atoms with van der Waals surface area (Å²) in [6.45, 7) is 3.04. The van der Waals surface area contributed by atoms with Gasteiger partial charge in [-0.1, -0.05) is 6.07 Å². The number of aliphatic hydroxyl groups is 1. The van der Waals surface area contributed by atoms with Crippen molar-refractivity contribution in [3.8, 4) is 0 Å². The third-order valence-corrected chi connectivity index (χ3v) is 3.13. The summed E-state index contributed by atoms with van der Waals surface area (Å²) >= 11 is 1.79. The van der Waals surface area contributed by atoms with Gasteiger partial charge in [0.05, 0.1) is 5.69 Å². The molecule has 0 saturated carbocycles. The predicted molar refractivity (Wildman–Crippen MR) is 69.7 cm³/mol. The Bertz CT molecular complexity index is 284. The third kappa shape index (κ3) is 4.96. The van der Waals surface area contributed by atoms with Crippen LogP contribution in [-0.2, 0) is 6.54 Å². The lowest BCUT2D eigenvalue weighted by atomic mass is 10.2. The summed E-state index contributed by atoms with van der Waals surface area (Å²) in [5.74, 6) is 1.02. The zero-order valence-electron chi connectivity index (χ0n) is 9.94. The summed E-state index contributed by atoms with van der Waals surface area (Å²) in [4.78, 5) is 4.34. The van der Waals surface area contributed by atoms with Crippen molar-refractivity contribution < 1.29 is 5.11 Å². The van der Waals surface area contributed by atoms with E-state index in [0.29, 0.717) is 6.04 Å². The smallest absolute Gasteiger partial charge is 0.0541 e. The number of nitrogens with zero attached hydrogens (tertiary/aromatic N) is 1. The number of aryl methyl sites for hydroxylation is 1. The topological polar surface area (TPSA) is 45.1 Å². The van der Waals surface area contributed by atoms with Gasteiger partial charge in [0.2, 0.25) is 0 Å². The molecule has 0 spiro atoms. The Hall–Kier alpha value is -0.580. The van der Waals surface area contributed by atoms with Crippen LogP contribution in [0, 0.1) is 6.92 Å². The van der Waals surface area contributed by atoms with E-state index in [1.54, 1.807) is 11.8 Å². The lowest BCUT2D eigenvalue weighted by Gasteiger charge is -2.16. The second-order valence-corrected chi connectivity index (χ2v) is 4.78. The highest BCUT2D eigenvalue weighted by Gasteiger charge is 2.06. The van der Waals surface area contributed by atoms with Gasteiger partial charge in [-0.25, -0.2) is 0 Å². The number of aliphatic hydroxyl groups excluding tert-OH is 1. The molecule has 0 aliphatic carbocycles. The standard InChI is InChI=1S/C12H20N2OS/c1-10-3-4-11(13-7-10)8-14-12(5-6-15)9-16-2/h3-4,7,12,14-15H,5-6,8-9H2,1-2H3. The zero-order valence-corrected chi connectivity index (χ0v) is 10.8. The molecule has 1 atom stereocenters. The highest BCUT2D eigenvalue weighted by atomic mass is 32.2. The lowest BCUT2D eigenvalue weighted by Crippen LogP contribution is -2.32. The molecule has 0 amide bonds. The Morgan fingerprint density at radius 3 is 2.88 bits per heavy atom. The van der Waals surface area contributed by atoms with Crippen molar-refractivity contribution in [2.24, 2.45) is 0 Å². The molecule has 0 aliphatic rings. The van der Waals surface area contributed by atoms with Crippen molar-refractivity contribution in [2.75, 3.05) is 18.6 Å². The first kappa shape index (κ1) is 13.5. The van der Waals surface area contributed by atoms with Crippen molar-refractivity contribution in [3.05, 3.63) is 29.6 Å². The molecule has 0 aliphatic heterocycles. The number of aromatic nitrogens is 1. The first-order valence-electron chi connectivity index (χ1n) is 5.51. The maximum Gasteiger partial charge on any atom is 0.0541 e. The molecule has 1 unspecified atom stereocenters. The van der Waals surface area contributed by atoms with Crippen LogP contribution in [0.2, 0.25) is 0 Å². The molecule has 0 aromatic carbocycles. The van der Waals surface area contributed by atoms with Crippen LogP contribution in [-0.4, -0.2) is 34.7 Å². The summed E-state index contributed by atoms with van der Waals surface area (Å²) in [5.41, 5.74) is 2.23. The number of nitrogens with one attached hydrogen (secondary N) is 1. The lowest BCUT2D eigenvalue weighted by molar-refractivity contribution is 0.269. The molecule has 0 fully saturated rings. The van der Waals surface area contributed by atoms with Crippen LogP contribution in [0.5, 0.6) is 0 Å². The highest BCUT2D eigenvalue weighted by molar-refractivity contribution is 7.98. The van der Waals surface area contributed by atoms with Crippen LogP contribution >= 0.6 is 11.8 Å². The molecule has 90 valence electrons. The van der Waals surface area contributed by atoms with Gasteiger partial charge in [0.1, 0.15) is 0 Å². The van der Waals surface area contributed by atoms with Gasteiger partial charge in [-0.3, -0.25) is 4.98 Å². The Morgan fingerprint density at radius 2 is 2.31 bits per heavy atom. The van der Waals surface area contributed by atoms with Gasteiger partial charge >= 0.3 is 0 Å². The molecular weight excluding hydrogens is 220 g/mol. The highest BCUT2D eigenvalue weighted by Crippen LogP contribution is 2.03. The molecule has 1 aromatic heterocycles. The van der Waals surface area contributed by atoms with Crippen molar-refractivity contribution in [2.45, 2.75) is 25.9 Å². The minimum atomic E-state index is 0.236. The van der Waals surface area contributed by atoms with Crippen LogP contribution in [0.4, 0.5) is 0 Å². The second kappa shape index (κ2) is 7.65. The van der Waals surface area contributed by atoms with Crippen LogP contribution in [0.25, 0.3) is 0 Å². The maximum atomic E-state index is 8.93. The molecule has 2 N–H and O–H groups in total. The van der Waals surface area contributed by atoms with Gasteiger partial charge in [-0.05, 0) is 31.2 Å². The fourth-order valence-corrected chi connectivity index (χ4v) is 2.14. The molecule has 1 heterocycles. The molecule has 0 saturated heterocycles. The Balaban J connectivity index is 2.38. The molecule has 1 rings (SSSR count). The number of hydrogen-bond donors (Lipinski definition) is 2. The molecule has 1 aromatic rings. The predicted octanol–water partition coefficient (Wildman–Crippen LogP) is 1.59. The molecule has 0 bridgehead atoms. The minimum Gasteiger partial charge on any atom is -0.396 e. The van der Waals surface area contributed by atoms with Gasteiger partial charge in [0.15, 0.2) is 0 Å². The van der Waals surface area contributed by atoms with E-state index in [2.05, 4.69) is 22.6 Å². The van der Waals surface area contributed by atoms with Crippen LogP contribution in [0.1, 0.15) is 17.7 Å². The monoisotopic (exact) mass is 240 g/mol. The molecule has 0 radical (unpaired) electrons. The van der Waals surface area contributed by atoms with Crippen LogP contribution in [0.15, 0.2) is 18.3 Å². The van der Waals surface area contributed by atoms with E-state index < -0.39 is 0 Å². The fourth-order valence-electron chi connectivity index (χ4n) is 1.45. The quantitative estimate of drug-likeness (QED) is 0.760. The van der Waals surface area contributed by atoms with Crippen LogP contribution in [0.3, 0.4) is 0 Å². The number of pyridine rings is 1. The minimum absolute atomic E-state index is 0.236. The SMILES string of the molecule is CSCC(CCO)NCc1ccc(C)cn1. The van der Waals surface area contributed by atoms with E-state index in [0.717, 1.165) is 24.4 Å². The summed E-state index contributed by atoms with van der Waals surface area (Å²) in [5, 5.41) is 12.3. The van der Waals surface area contributed by atoms with Crippen LogP contribution < -0.4 is 5.32 Å². The molecule has 16 heavy (non-hydrogen) atoms. The van der Waals surface area contributed by atoms with Crippen molar-refractivity contribution >= 4 is 11.8 Å². The molecular formula is C12H20N2OS. The Kier molecular flexibility index (Phi) is 6.45. The van der Waals surface area contributed by atoms with Gasteiger partial charge in [0.25, 0.3) is 0 Å². The van der Waals surface area contributed by atoms with E-state index >= 15 is 0 Å². The third-order valence-electron chi connectivity index (χ3n) is 2.39. The van der Waals surface area contributed by atoms with E-state index in [1.165, 1.54) is 5.56 Å². The first-order valence-corrected chi connectivity index (χ1v) is 6.90. The van der Waals surface area contributed by atoms with Gasteiger partial charge in [-0.15, -0.1) is 0 Å². The van der Waals surface area contributed by atoms with E-state index in [9.17, 15) is 0 Å². The number of rotatable bonds is 7. The van der Waals surface area contributed by atoms with Crippen molar-refractivity contribution in [3.63, 3.8) is 0 Å². The van der Waals surface area contributed by atoms with E-state index in [1.807, 2.05) is 19.2 Å². The van der Waals surface area contributed by atoms with Crippen molar-refractivity contribution in [1.29, 1.82) is 0 Å². The molecule has 4 heteroatoms. The van der Waals surface area contributed by atoms with Gasteiger partial charge in [0, 0.05) is 31.1 Å². The summed E-state index contributed by atoms with van der Waals surface area (Å²) in [6.07, 6.45) is 4.76. The average molecular weight is 240 g/mol. The zero-order chi connectivity index (χ0) is 11.8. The summed E-state index contributed by atoms with van der Waals surface area (Å²) in [6, 6.07) is 4.47. The Morgan fingerprint density at radius 1 is 1.50 bits per heavy atom. The van der Waals surface area contributed by atoms with Gasteiger partial charge < -0.3 is 10.4 Å². The summed E-state index contributed by atoms with van der Waals surface area (Å²) < 4.78 is 0. The van der Waals surface area contributed by atoms with E-state index in [-0.39, 0.29) is 6.61 Å². The maximum absolute atomic E-state index is 8.93. The summed E-state index contributed by atoms with van der Waals surface area (Å²) in [7, 11) is 0. The fraction of sp³-hybridized carbons (Fsp3) is 0.583. The first-order chi connectivity index (χ1) is 7.76. The van der Waals surface area contributed by atoms with E-state index in [4.69, 9.17) is 5.11 Å². The van der Waals surface area contributed by atoms with Gasteiger partial charge in [-0.2, -0.15) is 11.8 Å². The molecule has 3 nitrogen and oxygen atoms in total. The number of thioether (sulfide) groups is 1. The Labute approximate surface area is 102 Å². The largest absolute Gasteiger partial charge is 0.396 e. The second-order valence-electron chi connectivity index (χ2n) is 3.87. The van der Waals surface area contributed by atoms with Crippen molar-refractivity contribution in [1.82, 2.24) is 10.3 Å². The number of hydrogen-bond acceptors (Lipinski definition) is 4.